The SMILES string of the molecule is CCC(=O)CCCOCCOCC(=O)N[C@@H](CCCCNC(=O)c1ccc(N)cc1)C(N)=O. The third-order valence-electron chi connectivity index (χ3n) is 4.80. The van der Waals surface area contributed by atoms with E-state index in [9.17, 15) is 19.2 Å². The van der Waals surface area contributed by atoms with E-state index in [1.165, 1.54) is 0 Å². The number of nitrogen functional groups attached to an aromatic ring is 1. The summed E-state index contributed by atoms with van der Waals surface area (Å²) in [5, 5.41) is 5.35. The van der Waals surface area contributed by atoms with Gasteiger partial charge >= 0.3 is 0 Å². The fourth-order valence-electron chi connectivity index (χ4n) is 2.87. The lowest BCUT2D eigenvalue weighted by Crippen LogP contribution is -2.45. The molecule has 6 N–H and O–H groups in total. The molecule has 10 heteroatoms. The lowest BCUT2D eigenvalue weighted by Gasteiger charge is -2.15. The smallest absolute Gasteiger partial charge is 0.251 e. The summed E-state index contributed by atoms with van der Waals surface area (Å²) in [5.41, 5.74) is 12.1. The molecule has 3 amide bonds. The highest BCUT2D eigenvalue weighted by atomic mass is 16.5. The van der Waals surface area contributed by atoms with Crippen LogP contribution in [-0.2, 0) is 23.9 Å². The monoisotopic (exact) mass is 464 g/mol. The van der Waals surface area contributed by atoms with Gasteiger partial charge in [0.1, 0.15) is 18.4 Å². The first-order valence-electron chi connectivity index (χ1n) is 11.2. The summed E-state index contributed by atoms with van der Waals surface area (Å²) in [4.78, 5) is 46.8. The molecule has 184 valence electrons. The van der Waals surface area contributed by atoms with Crippen molar-refractivity contribution < 1.29 is 28.7 Å². The van der Waals surface area contributed by atoms with Gasteiger partial charge in [-0.3, -0.25) is 19.2 Å². The van der Waals surface area contributed by atoms with E-state index in [4.69, 9.17) is 20.9 Å². The molecular weight excluding hydrogens is 428 g/mol. The number of benzene rings is 1. The largest absolute Gasteiger partial charge is 0.399 e. The standard InChI is InChI=1S/C23H36N4O6/c1-2-19(28)6-5-13-32-14-15-33-16-21(29)27-20(22(25)30)7-3-4-12-26-23(31)17-8-10-18(24)11-9-17/h8-11,20H,2-7,12-16,24H2,1H3,(H2,25,30)(H,26,31)(H,27,29)/t20-/m0/s1. The van der Waals surface area contributed by atoms with Gasteiger partial charge in [-0.15, -0.1) is 0 Å². The van der Waals surface area contributed by atoms with Crippen LogP contribution in [0.1, 0.15) is 55.8 Å². The number of ether oxygens (including phenoxy) is 2. The van der Waals surface area contributed by atoms with Crippen LogP contribution in [0.5, 0.6) is 0 Å². The van der Waals surface area contributed by atoms with Gasteiger partial charge < -0.3 is 31.6 Å². The number of nitrogens with one attached hydrogen (secondary N) is 2. The van der Waals surface area contributed by atoms with E-state index < -0.39 is 17.9 Å². The van der Waals surface area contributed by atoms with E-state index in [2.05, 4.69) is 10.6 Å². The topological polar surface area (TPSA) is 163 Å². The first-order valence-corrected chi connectivity index (χ1v) is 11.2. The second-order valence-corrected chi connectivity index (χ2v) is 7.56. The zero-order valence-corrected chi connectivity index (χ0v) is 19.3. The number of primary amides is 1. The quantitative estimate of drug-likeness (QED) is 0.185. The molecule has 0 spiro atoms. The molecule has 0 aliphatic heterocycles. The van der Waals surface area contributed by atoms with Gasteiger partial charge in [0.05, 0.1) is 13.2 Å². The number of carbonyl (C=O) groups excluding carboxylic acids is 4. The third kappa shape index (κ3) is 13.2. The van der Waals surface area contributed by atoms with Gasteiger partial charge in [-0.05, 0) is 49.9 Å². The summed E-state index contributed by atoms with van der Waals surface area (Å²) in [6.07, 6.45) is 3.27. The van der Waals surface area contributed by atoms with Crippen LogP contribution in [0.15, 0.2) is 24.3 Å². The maximum Gasteiger partial charge on any atom is 0.251 e. The first-order chi connectivity index (χ1) is 15.8. The van der Waals surface area contributed by atoms with Crippen LogP contribution >= 0.6 is 0 Å². The van der Waals surface area contributed by atoms with Crippen LogP contribution in [-0.4, -0.2) is 62.5 Å². The van der Waals surface area contributed by atoms with Gasteiger partial charge in [0.15, 0.2) is 0 Å². The minimum Gasteiger partial charge on any atom is -0.399 e. The van der Waals surface area contributed by atoms with Crippen molar-refractivity contribution >= 4 is 29.2 Å². The number of Topliss-reactive ketones (excluding diaryl/α,β-unsaturated/α-hetero) is 1. The van der Waals surface area contributed by atoms with E-state index in [1.807, 2.05) is 6.92 Å². The zero-order chi connectivity index (χ0) is 24.5. The van der Waals surface area contributed by atoms with Crippen LogP contribution in [0.4, 0.5) is 5.69 Å². The van der Waals surface area contributed by atoms with E-state index in [-0.39, 0.29) is 24.9 Å². The Hall–Kier alpha value is -2.98. The summed E-state index contributed by atoms with van der Waals surface area (Å²) in [6.45, 7) is 3.05. The second-order valence-electron chi connectivity index (χ2n) is 7.56. The van der Waals surface area contributed by atoms with Crippen LogP contribution in [0.25, 0.3) is 0 Å². The van der Waals surface area contributed by atoms with Crippen molar-refractivity contribution in [3.8, 4) is 0 Å². The number of anilines is 1. The minimum absolute atomic E-state index is 0.203. The average Bonchev–Trinajstić information content (AvgIpc) is 2.79. The summed E-state index contributed by atoms with van der Waals surface area (Å²) in [5.74, 6) is -1.06. The molecule has 1 aromatic rings. The van der Waals surface area contributed by atoms with Gasteiger partial charge in [0.25, 0.3) is 5.91 Å². The number of rotatable bonds is 18. The van der Waals surface area contributed by atoms with Crippen LogP contribution in [0.2, 0.25) is 0 Å². The number of unbranched alkanes of at least 4 members (excludes halogenated alkanes) is 1. The molecule has 0 saturated heterocycles. The summed E-state index contributed by atoms with van der Waals surface area (Å²) in [6, 6.07) is 5.80. The number of nitrogens with two attached hydrogens (primary N) is 2. The third-order valence-corrected chi connectivity index (χ3v) is 4.80. The predicted molar refractivity (Wildman–Crippen MR) is 124 cm³/mol. The Balaban J connectivity index is 2.13. The summed E-state index contributed by atoms with van der Waals surface area (Å²) in [7, 11) is 0. The Morgan fingerprint density at radius 3 is 2.33 bits per heavy atom. The molecule has 1 rings (SSSR count). The van der Waals surface area contributed by atoms with Crippen LogP contribution < -0.4 is 22.1 Å². The fourth-order valence-corrected chi connectivity index (χ4v) is 2.87. The zero-order valence-electron chi connectivity index (χ0n) is 19.3. The fraction of sp³-hybridized carbons (Fsp3) is 0.565. The highest BCUT2D eigenvalue weighted by Crippen LogP contribution is 2.06. The van der Waals surface area contributed by atoms with Crippen LogP contribution in [0.3, 0.4) is 0 Å². The first kappa shape index (κ1) is 28.1. The molecule has 0 aliphatic rings. The molecule has 0 aliphatic carbocycles. The molecule has 1 atom stereocenters. The second kappa shape index (κ2) is 16.6. The van der Waals surface area contributed by atoms with Crippen molar-refractivity contribution in [2.75, 3.05) is 38.7 Å². The van der Waals surface area contributed by atoms with E-state index >= 15 is 0 Å². The highest BCUT2D eigenvalue weighted by Gasteiger charge is 2.17. The number of ketones is 1. The Morgan fingerprint density at radius 2 is 1.67 bits per heavy atom. The molecule has 0 saturated carbocycles. The number of hydrogen-bond acceptors (Lipinski definition) is 7. The van der Waals surface area contributed by atoms with Crippen molar-refractivity contribution in [3.63, 3.8) is 0 Å². The van der Waals surface area contributed by atoms with Crippen molar-refractivity contribution in [3.05, 3.63) is 29.8 Å². The normalized spacial score (nSPS) is 11.5. The molecule has 10 nitrogen and oxygen atoms in total. The molecule has 0 heterocycles. The number of hydrogen-bond donors (Lipinski definition) is 4. The number of amides is 3. The molecule has 1 aromatic carbocycles. The Bertz CT molecular complexity index is 754. The van der Waals surface area contributed by atoms with Crippen molar-refractivity contribution in [2.24, 2.45) is 5.73 Å². The average molecular weight is 465 g/mol. The molecule has 0 aromatic heterocycles. The van der Waals surface area contributed by atoms with E-state index in [0.717, 1.165) is 0 Å². The molecule has 0 unspecified atom stereocenters. The Morgan fingerprint density at radius 1 is 0.970 bits per heavy atom. The lowest BCUT2D eigenvalue weighted by atomic mass is 10.1. The maximum absolute atomic E-state index is 12.0. The highest BCUT2D eigenvalue weighted by molar-refractivity contribution is 5.94. The van der Waals surface area contributed by atoms with Gasteiger partial charge in [-0.1, -0.05) is 6.92 Å². The molecule has 0 fully saturated rings. The van der Waals surface area contributed by atoms with Gasteiger partial charge in [-0.25, -0.2) is 0 Å². The molecule has 33 heavy (non-hydrogen) atoms. The summed E-state index contributed by atoms with van der Waals surface area (Å²) >= 11 is 0. The summed E-state index contributed by atoms with van der Waals surface area (Å²) < 4.78 is 10.6. The van der Waals surface area contributed by atoms with Gasteiger partial charge in [-0.2, -0.15) is 0 Å². The maximum atomic E-state index is 12.0. The van der Waals surface area contributed by atoms with E-state index in [0.29, 0.717) is 69.5 Å². The Kier molecular flexibility index (Phi) is 14.1. The van der Waals surface area contributed by atoms with Crippen molar-refractivity contribution in [1.82, 2.24) is 10.6 Å². The predicted octanol–water partition coefficient (Wildman–Crippen LogP) is 0.932. The Labute approximate surface area is 194 Å². The lowest BCUT2D eigenvalue weighted by molar-refractivity contribution is -0.130. The molecule has 0 bridgehead atoms. The minimum atomic E-state index is -0.804. The van der Waals surface area contributed by atoms with Crippen molar-refractivity contribution in [2.45, 2.75) is 51.5 Å². The van der Waals surface area contributed by atoms with Gasteiger partial charge in [0.2, 0.25) is 11.8 Å². The molecule has 0 radical (unpaired) electrons. The van der Waals surface area contributed by atoms with Crippen molar-refractivity contribution in [1.29, 1.82) is 0 Å². The van der Waals surface area contributed by atoms with E-state index in [1.54, 1.807) is 24.3 Å². The molecular formula is C23H36N4O6. The van der Waals surface area contributed by atoms with Gasteiger partial charge in [0, 0.05) is 37.2 Å². The van der Waals surface area contributed by atoms with Crippen LogP contribution in [0, 0.1) is 0 Å². The number of carbonyl (C=O) groups is 4.